The van der Waals surface area contributed by atoms with Crippen LogP contribution in [-0.2, 0) is 4.74 Å². The number of piperazine rings is 1. The zero-order chi connectivity index (χ0) is 28.8. The highest BCUT2D eigenvalue weighted by molar-refractivity contribution is 6.35. The molecule has 4 aromatic rings. The number of anilines is 1. The molecule has 42 heavy (non-hydrogen) atoms. The summed E-state index contributed by atoms with van der Waals surface area (Å²) in [7, 11) is 0. The van der Waals surface area contributed by atoms with Crippen molar-refractivity contribution in [3.05, 3.63) is 53.3 Å². The number of hydrogen-bond acceptors (Lipinski definition) is 8. The molecule has 3 saturated heterocycles. The Bertz CT molecular complexity index is 1630. The first-order valence-electron chi connectivity index (χ1n) is 14.8. The molecule has 0 amide bonds. The molecule has 220 valence electrons. The summed E-state index contributed by atoms with van der Waals surface area (Å²) in [4.78, 5) is 14.0. The SMILES string of the molecule is C[C@H]1CN(CCCOc2nc(N3CC4CCC(C3)N4)c3cc(Cl)c(-c4cc(O)cc5ccccc45)c(F)c3n2)CCO1. The molecule has 2 N–H and O–H groups in total. The summed E-state index contributed by atoms with van der Waals surface area (Å²) in [5.74, 6) is 0.128. The van der Waals surface area contributed by atoms with E-state index >= 15 is 4.39 Å². The molecule has 3 aliphatic rings. The minimum Gasteiger partial charge on any atom is -0.508 e. The minimum atomic E-state index is -0.554. The number of aromatic nitrogens is 2. The molecule has 3 aliphatic heterocycles. The highest BCUT2D eigenvalue weighted by Gasteiger charge is 2.34. The van der Waals surface area contributed by atoms with Gasteiger partial charge in [0.15, 0.2) is 5.82 Å². The Kier molecular flexibility index (Phi) is 7.52. The average molecular weight is 592 g/mol. The Balaban J connectivity index is 1.27. The zero-order valence-corrected chi connectivity index (χ0v) is 24.4. The number of halogens is 2. The molecule has 0 spiro atoms. The van der Waals surface area contributed by atoms with E-state index in [1.807, 2.05) is 24.3 Å². The van der Waals surface area contributed by atoms with Crippen molar-refractivity contribution in [1.82, 2.24) is 20.2 Å². The maximum Gasteiger partial charge on any atom is 0.319 e. The van der Waals surface area contributed by atoms with Gasteiger partial charge in [-0.1, -0.05) is 35.9 Å². The number of nitrogens with zero attached hydrogens (tertiary/aromatic N) is 4. The van der Waals surface area contributed by atoms with E-state index in [9.17, 15) is 5.11 Å². The van der Waals surface area contributed by atoms with Gasteiger partial charge in [0.1, 0.15) is 17.1 Å². The third kappa shape index (κ3) is 5.35. The molecule has 3 atom stereocenters. The van der Waals surface area contributed by atoms with Crippen LogP contribution in [0.2, 0.25) is 5.02 Å². The maximum absolute atomic E-state index is 16.7. The van der Waals surface area contributed by atoms with Crippen LogP contribution in [0.4, 0.5) is 10.2 Å². The van der Waals surface area contributed by atoms with E-state index in [1.165, 1.54) is 0 Å². The fourth-order valence-corrected chi connectivity index (χ4v) is 7.02. The van der Waals surface area contributed by atoms with E-state index in [1.54, 1.807) is 18.2 Å². The molecule has 2 bridgehead atoms. The molecule has 7 rings (SSSR count). The van der Waals surface area contributed by atoms with Gasteiger partial charge in [-0.25, -0.2) is 4.39 Å². The van der Waals surface area contributed by atoms with Crippen LogP contribution in [0.3, 0.4) is 0 Å². The van der Waals surface area contributed by atoms with Crippen molar-refractivity contribution in [2.75, 3.05) is 50.8 Å². The van der Waals surface area contributed by atoms with Crippen LogP contribution >= 0.6 is 11.6 Å². The van der Waals surface area contributed by atoms with Gasteiger partial charge >= 0.3 is 6.01 Å². The van der Waals surface area contributed by atoms with Crippen LogP contribution in [0.1, 0.15) is 26.2 Å². The smallest absolute Gasteiger partial charge is 0.319 e. The van der Waals surface area contributed by atoms with Crippen LogP contribution in [0, 0.1) is 5.82 Å². The second-order valence-corrected chi connectivity index (χ2v) is 12.1. The van der Waals surface area contributed by atoms with Crippen LogP contribution in [-0.4, -0.2) is 84.1 Å². The summed E-state index contributed by atoms with van der Waals surface area (Å²) < 4.78 is 28.4. The number of rotatable bonds is 7. The van der Waals surface area contributed by atoms with Crippen molar-refractivity contribution < 1.29 is 19.0 Å². The Morgan fingerprint density at radius 2 is 1.90 bits per heavy atom. The van der Waals surface area contributed by atoms with Crippen molar-refractivity contribution in [1.29, 1.82) is 0 Å². The Morgan fingerprint density at radius 1 is 1.10 bits per heavy atom. The summed E-state index contributed by atoms with van der Waals surface area (Å²) in [5.41, 5.74) is 0.876. The van der Waals surface area contributed by atoms with Gasteiger partial charge in [-0.3, -0.25) is 4.90 Å². The monoisotopic (exact) mass is 591 g/mol. The highest BCUT2D eigenvalue weighted by atomic mass is 35.5. The summed E-state index contributed by atoms with van der Waals surface area (Å²) >= 11 is 6.85. The minimum absolute atomic E-state index is 0.0395. The summed E-state index contributed by atoms with van der Waals surface area (Å²) in [6.07, 6.45) is 3.24. The van der Waals surface area contributed by atoms with Crippen molar-refractivity contribution in [2.45, 2.75) is 44.4 Å². The van der Waals surface area contributed by atoms with Crippen molar-refractivity contribution in [3.8, 4) is 22.9 Å². The molecule has 1 aromatic heterocycles. The number of phenolic OH excluding ortho intramolecular Hbond substituents is 1. The van der Waals surface area contributed by atoms with Gasteiger partial charge in [-0.15, -0.1) is 0 Å². The second kappa shape index (κ2) is 11.4. The Labute approximate surface area is 249 Å². The molecular weight excluding hydrogens is 557 g/mol. The number of hydrogen-bond donors (Lipinski definition) is 2. The fraction of sp³-hybridized carbons (Fsp3) is 0.438. The Hall–Kier alpha value is -3.24. The molecule has 0 saturated carbocycles. The van der Waals surface area contributed by atoms with E-state index in [4.69, 9.17) is 26.1 Å². The van der Waals surface area contributed by atoms with Crippen molar-refractivity contribution in [3.63, 3.8) is 0 Å². The number of nitrogens with one attached hydrogen (secondary N) is 1. The van der Waals surface area contributed by atoms with Gasteiger partial charge in [-0.2, -0.15) is 9.97 Å². The number of benzene rings is 3. The Morgan fingerprint density at radius 3 is 2.71 bits per heavy atom. The predicted octanol–water partition coefficient (Wildman–Crippen LogP) is 5.38. The molecule has 8 nitrogen and oxygen atoms in total. The van der Waals surface area contributed by atoms with E-state index in [0.29, 0.717) is 35.5 Å². The van der Waals surface area contributed by atoms with Crippen molar-refractivity contribution in [2.24, 2.45) is 0 Å². The summed E-state index contributed by atoms with van der Waals surface area (Å²) in [6.45, 7) is 7.49. The number of ether oxygens (including phenoxy) is 2. The normalized spacial score (nSPS) is 22.7. The lowest BCUT2D eigenvalue weighted by Crippen LogP contribution is -2.51. The lowest BCUT2D eigenvalue weighted by Gasteiger charge is -2.34. The van der Waals surface area contributed by atoms with E-state index < -0.39 is 5.82 Å². The van der Waals surface area contributed by atoms with Crippen molar-refractivity contribution >= 4 is 39.1 Å². The third-order valence-electron chi connectivity index (χ3n) is 8.65. The topological polar surface area (TPSA) is 83.0 Å². The molecular formula is C32H35ClFN5O3. The molecule has 10 heteroatoms. The quantitative estimate of drug-likeness (QED) is 0.277. The summed E-state index contributed by atoms with van der Waals surface area (Å²) in [5, 5.41) is 16.5. The number of morpholine rings is 1. The molecule has 0 radical (unpaired) electrons. The van der Waals surface area contributed by atoms with E-state index in [0.717, 1.165) is 69.4 Å². The van der Waals surface area contributed by atoms with E-state index in [2.05, 4.69) is 27.0 Å². The highest BCUT2D eigenvalue weighted by Crippen LogP contribution is 2.42. The molecule has 4 heterocycles. The maximum atomic E-state index is 16.7. The average Bonchev–Trinajstić information content (AvgIpc) is 3.32. The first-order valence-corrected chi connectivity index (χ1v) is 15.2. The lowest BCUT2D eigenvalue weighted by molar-refractivity contribution is -0.0194. The van der Waals surface area contributed by atoms with Crippen LogP contribution in [0.15, 0.2) is 42.5 Å². The number of phenols is 1. The van der Waals surface area contributed by atoms with Gasteiger partial charge in [0, 0.05) is 55.8 Å². The van der Waals surface area contributed by atoms with Gasteiger partial charge in [0.2, 0.25) is 0 Å². The van der Waals surface area contributed by atoms with Crippen LogP contribution in [0.5, 0.6) is 11.8 Å². The standard InChI is InChI=1S/C32H35ClFN5O3/c1-19-16-38(10-12-41-19)9-4-11-42-32-36-30-26(31(37-32)39-17-21-7-8-22(18-39)35-21)15-27(33)28(29(30)34)25-14-23(40)13-20-5-2-3-6-24(20)25/h2-3,5-6,13-15,19,21-22,35,40H,4,7-12,16-18H2,1H3/t19-,21?,22?/m0/s1. The largest absolute Gasteiger partial charge is 0.508 e. The second-order valence-electron chi connectivity index (χ2n) is 11.7. The van der Waals surface area contributed by atoms with Gasteiger partial charge in [-0.05, 0) is 60.7 Å². The fourth-order valence-electron chi connectivity index (χ4n) is 6.73. The first kappa shape index (κ1) is 27.6. The van der Waals surface area contributed by atoms with Crippen LogP contribution < -0.4 is 15.0 Å². The van der Waals surface area contributed by atoms with Crippen LogP contribution in [0.25, 0.3) is 32.8 Å². The molecule has 2 unspecified atom stereocenters. The zero-order valence-electron chi connectivity index (χ0n) is 23.7. The molecule has 3 aromatic carbocycles. The van der Waals surface area contributed by atoms with Gasteiger partial charge < -0.3 is 24.8 Å². The lowest BCUT2D eigenvalue weighted by atomic mass is 9.96. The predicted molar refractivity (Wildman–Crippen MR) is 163 cm³/mol. The number of fused-ring (bicyclic) bond motifs is 4. The molecule has 3 fully saturated rings. The molecule has 0 aliphatic carbocycles. The third-order valence-corrected chi connectivity index (χ3v) is 8.95. The van der Waals surface area contributed by atoms with Gasteiger partial charge in [0.25, 0.3) is 0 Å². The van der Waals surface area contributed by atoms with Gasteiger partial charge in [0.05, 0.1) is 24.3 Å². The number of aromatic hydroxyl groups is 1. The summed E-state index contributed by atoms with van der Waals surface area (Å²) in [6, 6.07) is 13.4. The first-order chi connectivity index (χ1) is 20.4. The van der Waals surface area contributed by atoms with E-state index in [-0.39, 0.29) is 34.0 Å².